The maximum absolute atomic E-state index is 12.5. The summed E-state index contributed by atoms with van der Waals surface area (Å²) in [4.78, 5) is 15.1. The van der Waals surface area contributed by atoms with Crippen molar-refractivity contribution in [3.8, 4) is 0 Å². The second-order valence-electron chi connectivity index (χ2n) is 4.64. The Bertz CT molecular complexity index is 574. The second kappa shape index (κ2) is 5.92. The summed E-state index contributed by atoms with van der Waals surface area (Å²) in [6.45, 7) is 6.42. The Kier molecular flexibility index (Phi) is 4.47. The van der Waals surface area contributed by atoms with E-state index in [2.05, 4.69) is 15.9 Å². The van der Waals surface area contributed by atoms with Crippen LogP contribution in [0.5, 0.6) is 0 Å². The molecule has 0 fully saturated rings. The van der Waals surface area contributed by atoms with Crippen LogP contribution in [0, 0.1) is 6.92 Å². The van der Waals surface area contributed by atoms with Crippen LogP contribution in [-0.2, 0) is 6.54 Å². The molecule has 2 aromatic heterocycles. The molecule has 2 rings (SSSR count). The molecule has 0 unspecified atom stereocenters. The van der Waals surface area contributed by atoms with Crippen molar-refractivity contribution in [1.29, 1.82) is 0 Å². The van der Waals surface area contributed by atoms with Crippen LogP contribution in [0.25, 0.3) is 0 Å². The Hall–Kier alpha value is -1.07. The van der Waals surface area contributed by atoms with Gasteiger partial charge in [-0.15, -0.1) is 11.3 Å². The second-order valence-corrected chi connectivity index (χ2v) is 6.41. The van der Waals surface area contributed by atoms with Crippen molar-refractivity contribution in [1.82, 2.24) is 4.90 Å². The minimum Gasteiger partial charge on any atom is -0.464 e. The molecular weight excluding hydrogens is 326 g/mol. The third kappa shape index (κ3) is 3.28. The lowest BCUT2D eigenvalue weighted by molar-refractivity contribution is 0.0679. The topological polar surface area (TPSA) is 33.5 Å². The van der Waals surface area contributed by atoms with E-state index in [4.69, 9.17) is 4.42 Å². The summed E-state index contributed by atoms with van der Waals surface area (Å²) in [5.41, 5.74) is 0. The quantitative estimate of drug-likeness (QED) is 0.822. The van der Waals surface area contributed by atoms with E-state index in [1.54, 1.807) is 0 Å². The molecule has 0 aliphatic heterocycles. The lowest BCUT2D eigenvalue weighted by Gasteiger charge is -2.25. The lowest BCUT2D eigenvalue weighted by atomic mass is 10.2. The molecule has 0 saturated carbocycles. The lowest BCUT2D eigenvalue weighted by Crippen LogP contribution is -2.36. The molecule has 2 aromatic rings. The molecule has 0 aliphatic carbocycles. The molecule has 3 nitrogen and oxygen atoms in total. The molecular formula is C14H16BrNO2S. The van der Waals surface area contributed by atoms with Gasteiger partial charge in [0, 0.05) is 10.5 Å². The van der Waals surface area contributed by atoms with Crippen LogP contribution < -0.4 is 0 Å². The van der Waals surface area contributed by atoms with Crippen molar-refractivity contribution in [3.63, 3.8) is 0 Å². The first-order valence-corrected chi connectivity index (χ1v) is 7.75. The first-order valence-electron chi connectivity index (χ1n) is 6.08. The molecule has 0 bridgehead atoms. The van der Waals surface area contributed by atoms with Crippen LogP contribution in [-0.4, -0.2) is 16.8 Å². The van der Waals surface area contributed by atoms with Crippen molar-refractivity contribution < 1.29 is 9.21 Å². The molecule has 0 saturated heterocycles. The SMILES string of the molecule is Cc1ccc(CN(C(=O)c2sccc2Br)C(C)C)o1. The molecule has 0 spiro atoms. The summed E-state index contributed by atoms with van der Waals surface area (Å²) in [6, 6.07) is 5.85. The monoisotopic (exact) mass is 341 g/mol. The van der Waals surface area contributed by atoms with Crippen molar-refractivity contribution >= 4 is 33.2 Å². The molecule has 0 N–H and O–H groups in total. The number of halogens is 1. The van der Waals surface area contributed by atoms with Gasteiger partial charge in [0.05, 0.1) is 6.54 Å². The third-order valence-electron chi connectivity index (χ3n) is 2.82. The minimum atomic E-state index is 0.0333. The highest BCUT2D eigenvalue weighted by Gasteiger charge is 2.23. The summed E-state index contributed by atoms with van der Waals surface area (Å²) in [6.07, 6.45) is 0. The van der Waals surface area contributed by atoms with Gasteiger partial charge >= 0.3 is 0 Å². The van der Waals surface area contributed by atoms with Crippen molar-refractivity contribution in [2.24, 2.45) is 0 Å². The Morgan fingerprint density at radius 3 is 2.63 bits per heavy atom. The van der Waals surface area contributed by atoms with E-state index in [0.717, 1.165) is 20.9 Å². The summed E-state index contributed by atoms with van der Waals surface area (Å²) < 4.78 is 6.41. The molecule has 2 heterocycles. The number of carbonyl (C=O) groups is 1. The number of hydrogen-bond donors (Lipinski definition) is 0. The standard InChI is InChI=1S/C14H16BrNO2S/c1-9(2)16(8-11-5-4-10(3)18-11)14(17)13-12(15)6-7-19-13/h4-7,9H,8H2,1-3H3. The Balaban J connectivity index is 2.21. The van der Waals surface area contributed by atoms with Gasteiger partial charge in [0.15, 0.2) is 0 Å². The van der Waals surface area contributed by atoms with Gasteiger partial charge in [-0.1, -0.05) is 0 Å². The highest BCUT2D eigenvalue weighted by atomic mass is 79.9. The van der Waals surface area contributed by atoms with Crippen LogP contribution in [0.4, 0.5) is 0 Å². The van der Waals surface area contributed by atoms with Gasteiger partial charge in [0.2, 0.25) is 0 Å². The third-order valence-corrected chi connectivity index (χ3v) is 4.64. The number of carbonyl (C=O) groups excluding carboxylic acids is 1. The highest BCUT2D eigenvalue weighted by molar-refractivity contribution is 9.10. The molecule has 1 amide bonds. The van der Waals surface area contributed by atoms with Gasteiger partial charge in [-0.2, -0.15) is 0 Å². The first kappa shape index (κ1) is 14.3. The van der Waals surface area contributed by atoms with E-state index >= 15 is 0 Å². The molecule has 0 aromatic carbocycles. The summed E-state index contributed by atoms with van der Waals surface area (Å²) in [7, 11) is 0. The van der Waals surface area contributed by atoms with E-state index in [-0.39, 0.29) is 11.9 Å². The molecule has 0 atom stereocenters. The van der Waals surface area contributed by atoms with Gasteiger partial charge in [0.1, 0.15) is 16.4 Å². The van der Waals surface area contributed by atoms with E-state index < -0.39 is 0 Å². The van der Waals surface area contributed by atoms with Crippen LogP contribution in [0.1, 0.15) is 35.0 Å². The zero-order valence-electron chi connectivity index (χ0n) is 11.1. The van der Waals surface area contributed by atoms with Gasteiger partial charge < -0.3 is 9.32 Å². The van der Waals surface area contributed by atoms with Gasteiger partial charge in [-0.25, -0.2) is 0 Å². The average molecular weight is 342 g/mol. The smallest absolute Gasteiger partial charge is 0.265 e. The predicted molar refractivity (Wildman–Crippen MR) is 80.5 cm³/mol. The van der Waals surface area contributed by atoms with Crippen LogP contribution >= 0.6 is 27.3 Å². The van der Waals surface area contributed by atoms with E-state index in [0.29, 0.717) is 6.54 Å². The molecule has 102 valence electrons. The van der Waals surface area contributed by atoms with Gasteiger partial charge in [0.25, 0.3) is 5.91 Å². The zero-order chi connectivity index (χ0) is 14.0. The fourth-order valence-electron chi connectivity index (χ4n) is 1.80. The van der Waals surface area contributed by atoms with E-state index in [1.807, 2.05) is 49.3 Å². The van der Waals surface area contributed by atoms with Crippen LogP contribution in [0.15, 0.2) is 32.5 Å². The summed E-state index contributed by atoms with van der Waals surface area (Å²) >= 11 is 4.86. The average Bonchev–Trinajstić information content (AvgIpc) is 2.94. The van der Waals surface area contributed by atoms with Crippen LogP contribution in [0.2, 0.25) is 0 Å². The number of thiophene rings is 1. The number of furan rings is 1. The zero-order valence-corrected chi connectivity index (χ0v) is 13.5. The Labute approximate surface area is 125 Å². The number of aryl methyl sites for hydroxylation is 1. The first-order chi connectivity index (χ1) is 8.99. The fourth-order valence-corrected chi connectivity index (χ4v) is 3.30. The summed E-state index contributed by atoms with van der Waals surface area (Å²) in [5, 5.41) is 1.91. The Morgan fingerprint density at radius 2 is 2.16 bits per heavy atom. The largest absolute Gasteiger partial charge is 0.464 e. The number of rotatable bonds is 4. The van der Waals surface area contributed by atoms with Gasteiger partial charge in [-0.05, 0) is 60.3 Å². The number of hydrogen-bond acceptors (Lipinski definition) is 3. The minimum absolute atomic E-state index is 0.0333. The molecule has 0 aliphatic rings. The number of amides is 1. The Morgan fingerprint density at radius 1 is 1.42 bits per heavy atom. The van der Waals surface area contributed by atoms with Crippen molar-refractivity contribution in [3.05, 3.63) is 44.4 Å². The fraction of sp³-hybridized carbons (Fsp3) is 0.357. The van der Waals surface area contributed by atoms with E-state index in [1.165, 1.54) is 11.3 Å². The summed E-state index contributed by atoms with van der Waals surface area (Å²) in [5.74, 6) is 1.71. The molecule has 0 radical (unpaired) electrons. The molecule has 19 heavy (non-hydrogen) atoms. The highest BCUT2D eigenvalue weighted by Crippen LogP contribution is 2.26. The predicted octanol–water partition coefficient (Wildman–Crippen LogP) is 4.46. The van der Waals surface area contributed by atoms with Crippen molar-refractivity contribution in [2.45, 2.75) is 33.4 Å². The maximum atomic E-state index is 12.5. The maximum Gasteiger partial charge on any atom is 0.265 e. The van der Waals surface area contributed by atoms with Gasteiger partial charge in [-0.3, -0.25) is 4.79 Å². The van der Waals surface area contributed by atoms with Crippen molar-refractivity contribution in [2.75, 3.05) is 0 Å². The molecule has 5 heteroatoms. The number of nitrogens with zero attached hydrogens (tertiary/aromatic N) is 1. The van der Waals surface area contributed by atoms with Crippen LogP contribution in [0.3, 0.4) is 0 Å². The van der Waals surface area contributed by atoms with E-state index in [9.17, 15) is 4.79 Å². The normalized spacial score (nSPS) is 11.0.